The molecule has 0 fully saturated rings. The second kappa shape index (κ2) is 42.7. The number of carboxylic acid groups (broad SMARTS) is 1. The molecule has 2 atom stereocenters. The SMILES string of the molecule is CC/C=C/C=C/C=C/CCCCCCCCCC(=O)OC(COCCC(C(=O)O)[N+](C)(C)C)COC(=O)CCCCC/C=C/C/C=C/C/C=C/C/C=C/C/C=C/C/C=C/CC. The first-order chi connectivity index (χ1) is 29.6. The molecule has 0 amide bonds. The summed E-state index contributed by atoms with van der Waals surface area (Å²) in [6, 6.07) is -0.629. The van der Waals surface area contributed by atoms with E-state index in [9.17, 15) is 19.5 Å². The van der Waals surface area contributed by atoms with Crippen molar-refractivity contribution in [3.63, 3.8) is 0 Å². The number of hydrogen-bond donors (Lipinski definition) is 1. The highest BCUT2D eigenvalue weighted by Crippen LogP contribution is 2.13. The summed E-state index contributed by atoms with van der Waals surface area (Å²) in [7, 11) is 5.50. The number of quaternary nitrogens is 1. The molecule has 0 saturated heterocycles. The smallest absolute Gasteiger partial charge is 0.362 e. The maximum absolute atomic E-state index is 12.7. The molecule has 0 heterocycles. The molecule has 0 aromatic carbocycles. The molecule has 0 saturated carbocycles. The van der Waals surface area contributed by atoms with Gasteiger partial charge in [0, 0.05) is 19.3 Å². The zero-order valence-electron chi connectivity index (χ0n) is 39.1. The van der Waals surface area contributed by atoms with Gasteiger partial charge in [-0.3, -0.25) is 9.59 Å². The minimum absolute atomic E-state index is 0.0375. The van der Waals surface area contributed by atoms with Crippen molar-refractivity contribution in [2.75, 3.05) is 41.0 Å². The normalized spacial score (nSPS) is 13.9. The maximum atomic E-state index is 12.7. The number of esters is 2. The number of rotatable bonds is 40. The van der Waals surface area contributed by atoms with Gasteiger partial charge in [-0.2, -0.15) is 0 Å². The molecule has 61 heavy (non-hydrogen) atoms. The van der Waals surface area contributed by atoms with Crippen LogP contribution in [-0.4, -0.2) is 80.6 Å². The summed E-state index contributed by atoms with van der Waals surface area (Å²) in [5, 5.41) is 9.63. The van der Waals surface area contributed by atoms with Crippen molar-refractivity contribution in [1.82, 2.24) is 0 Å². The van der Waals surface area contributed by atoms with Gasteiger partial charge in [0.1, 0.15) is 6.61 Å². The van der Waals surface area contributed by atoms with E-state index in [1.54, 1.807) is 0 Å². The summed E-state index contributed by atoms with van der Waals surface area (Å²) in [6.45, 7) is 4.42. The fourth-order valence-electron chi connectivity index (χ4n) is 6.15. The van der Waals surface area contributed by atoms with E-state index >= 15 is 0 Å². The van der Waals surface area contributed by atoms with E-state index in [0.717, 1.165) is 103 Å². The van der Waals surface area contributed by atoms with Crippen LogP contribution in [0.3, 0.4) is 0 Å². The third kappa shape index (κ3) is 41.1. The van der Waals surface area contributed by atoms with Crippen LogP contribution in [0.1, 0.15) is 155 Å². The summed E-state index contributed by atoms with van der Waals surface area (Å²) in [6.07, 6.45) is 58.5. The van der Waals surface area contributed by atoms with Gasteiger partial charge in [0.2, 0.25) is 0 Å². The number of aliphatic carboxylic acids is 1. The Labute approximate surface area is 372 Å². The van der Waals surface area contributed by atoms with Gasteiger partial charge in [-0.15, -0.1) is 0 Å². The van der Waals surface area contributed by atoms with Crippen LogP contribution in [0.2, 0.25) is 0 Å². The Kier molecular flexibility index (Phi) is 39.9. The van der Waals surface area contributed by atoms with Gasteiger partial charge in [0.25, 0.3) is 0 Å². The molecule has 0 aromatic rings. The van der Waals surface area contributed by atoms with Gasteiger partial charge in [-0.05, 0) is 83.5 Å². The van der Waals surface area contributed by atoms with E-state index in [1.807, 2.05) is 21.1 Å². The van der Waals surface area contributed by atoms with Crippen LogP contribution in [0, 0.1) is 0 Å². The standard InChI is InChI=1S/C53H85NO7/c1-6-8-10-12-14-16-18-20-22-23-24-25-26-27-28-30-31-33-35-37-39-41-43-51(55)60-48-49(47-59-46-45-50(53(57)58)54(3,4)5)61-52(56)44-42-40-38-36-34-32-29-21-19-17-15-13-11-9-7-2/h8-11,13-17,19-20,22,24-25,27-28,31,33,49-50H,6-7,12,18,21,23,26,29-30,32,34-48H2,1-5H3/p+1/b10-8+,11-9+,15-13+,16-14+,19-17+,22-20+,25-24+,28-27+,33-31+. The Hall–Kier alpha value is -4.01. The number of nitrogens with zero attached hydrogens (tertiary/aromatic N) is 1. The number of carboxylic acids is 1. The summed E-state index contributed by atoms with van der Waals surface area (Å²) < 4.78 is 17.3. The van der Waals surface area contributed by atoms with E-state index in [0.29, 0.717) is 19.3 Å². The Morgan fingerprint density at radius 2 is 0.951 bits per heavy atom. The average Bonchev–Trinajstić information content (AvgIpc) is 3.22. The largest absolute Gasteiger partial charge is 0.477 e. The molecule has 1 N–H and O–H groups in total. The van der Waals surface area contributed by atoms with Crippen molar-refractivity contribution in [1.29, 1.82) is 0 Å². The summed E-state index contributed by atoms with van der Waals surface area (Å²) >= 11 is 0. The third-order valence-corrected chi connectivity index (χ3v) is 9.73. The lowest BCUT2D eigenvalue weighted by Crippen LogP contribution is -2.50. The second-order valence-electron chi connectivity index (χ2n) is 16.3. The van der Waals surface area contributed by atoms with Crippen LogP contribution in [-0.2, 0) is 28.6 Å². The van der Waals surface area contributed by atoms with Crippen LogP contribution in [0.15, 0.2) is 109 Å². The summed E-state index contributed by atoms with van der Waals surface area (Å²) in [5.74, 6) is -1.54. The highest BCUT2D eigenvalue weighted by molar-refractivity contribution is 5.72. The first-order valence-corrected chi connectivity index (χ1v) is 23.5. The van der Waals surface area contributed by atoms with Gasteiger partial charge in [0.05, 0.1) is 34.4 Å². The molecule has 0 aliphatic heterocycles. The Balaban J connectivity index is 4.40. The Morgan fingerprint density at radius 1 is 0.508 bits per heavy atom. The predicted molar refractivity (Wildman–Crippen MR) is 256 cm³/mol. The highest BCUT2D eigenvalue weighted by atomic mass is 16.6. The predicted octanol–water partition coefficient (Wildman–Crippen LogP) is 13.2. The maximum Gasteiger partial charge on any atom is 0.362 e. The quantitative estimate of drug-likeness (QED) is 0.0215. The Morgan fingerprint density at radius 3 is 1.48 bits per heavy atom. The summed E-state index contributed by atoms with van der Waals surface area (Å²) in [5.41, 5.74) is 0. The first kappa shape index (κ1) is 57.0. The summed E-state index contributed by atoms with van der Waals surface area (Å²) in [4.78, 5) is 37.1. The fraction of sp³-hybridized carbons (Fsp3) is 0.604. The number of unbranched alkanes of at least 4 members (excludes halogenated alkanes) is 10. The van der Waals surface area contributed by atoms with Gasteiger partial charge in [-0.25, -0.2) is 4.79 Å². The molecule has 0 aromatic heterocycles. The van der Waals surface area contributed by atoms with E-state index in [2.05, 4.69) is 123 Å². The van der Waals surface area contributed by atoms with Crippen molar-refractivity contribution < 1.29 is 38.2 Å². The average molecular weight is 849 g/mol. The van der Waals surface area contributed by atoms with Crippen LogP contribution in [0.4, 0.5) is 0 Å². The van der Waals surface area contributed by atoms with Crippen LogP contribution in [0.5, 0.6) is 0 Å². The minimum atomic E-state index is -0.887. The number of allylic oxidation sites excluding steroid dienone is 18. The molecule has 0 rings (SSSR count). The van der Waals surface area contributed by atoms with E-state index in [-0.39, 0.29) is 36.2 Å². The zero-order chi connectivity index (χ0) is 44.9. The van der Waals surface area contributed by atoms with Crippen LogP contribution < -0.4 is 0 Å². The molecule has 8 nitrogen and oxygen atoms in total. The number of ether oxygens (including phenoxy) is 3. The first-order valence-electron chi connectivity index (χ1n) is 23.5. The molecule has 2 unspecified atom stereocenters. The highest BCUT2D eigenvalue weighted by Gasteiger charge is 2.31. The van der Waals surface area contributed by atoms with Crippen LogP contribution >= 0.6 is 0 Å². The minimum Gasteiger partial charge on any atom is -0.477 e. The van der Waals surface area contributed by atoms with E-state index < -0.39 is 18.1 Å². The van der Waals surface area contributed by atoms with Crippen molar-refractivity contribution in [3.05, 3.63) is 109 Å². The monoisotopic (exact) mass is 849 g/mol. The van der Waals surface area contributed by atoms with Crippen LogP contribution in [0.25, 0.3) is 0 Å². The zero-order valence-corrected chi connectivity index (χ0v) is 39.1. The molecular weight excluding hydrogens is 763 g/mol. The van der Waals surface area contributed by atoms with Gasteiger partial charge < -0.3 is 23.8 Å². The molecule has 0 spiro atoms. The molecule has 8 heteroatoms. The lowest BCUT2D eigenvalue weighted by molar-refractivity contribution is -0.887. The van der Waals surface area contributed by atoms with Gasteiger partial charge in [0.15, 0.2) is 12.1 Å². The molecule has 0 aliphatic carbocycles. The number of carbonyl (C=O) groups is 3. The van der Waals surface area contributed by atoms with Crippen molar-refractivity contribution in [2.24, 2.45) is 0 Å². The van der Waals surface area contributed by atoms with Crippen molar-refractivity contribution >= 4 is 17.9 Å². The van der Waals surface area contributed by atoms with E-state index in [1.165, 1.54) is 19.3 Å². The molecule has 0 aliphatic rings. The van der Waals surface area contributed by atoms with Crippen molar-refractivity contribution in [3.8, 4) is 0 Å². The molecule has 344 valence electrons. The lowest BCUT2D eigenvalue weighted by Gasteiger charge is -2.31. The van der Waals surface area contributed by atoms with Gasteiger partial charge in [-0.1, -0.05) is 162 Å². The topological polar surface area (TPSA) is 99.1 Å². The van der Waals surface area contributed by atoms with Crippen molar-refractivity contribution in [2.45, 2.75) is 167 Å². The fourth-order valence-corrected chi connectivity index (χ4v) is 6.15. The van der Waals surface area contributed by atoms with E-state index in [4.69, 9.17) is 14.2 Å². The number of carbonyl (C=O) groups excluding carboxylic acids is 2. The Bertz CT molecular complexity index is 1360. The molecule has 0 radical (unpaired) electrons. The second-order valence-corrected chi connectivity index (χ2v) is 16.3. The van der Waals surface area contributed by atoms with Gasteiger partial charge >= 0.3 is 17.9 Å². The molecule has 0 bridgehead atoms. The third-order valence-electron chi connectivity index (χ3n) is 9.73. The lowest BCUT2D eigenvalue weighted by atomic mass is 10.1. The number of hydrogen-bond acceptors (Lipinski definition) is 6. The number of likely N-dealkylation sites (N-methyl/N-ethyl adjacent to an activating group) is 1. The molecular formula is C53H86NO7+.